The highest BCUT2D eigenvalue weighted by atomic mass is 32.1. The lowest BCUT2D eigenvalue weighted by Gasteiger charge is -2.07. The minimum absolute atomic E-state index is 0.406. The molecule has 4 rings (SSSR count). The number of carbonyl (C=O) groups is 1. The van der Waals surface area contributed by atoms with Gasteiger partial charge in [-0.25, -0.2) is 9.78 Å². The number of methoxy groups -OCH3 is 1. The fourth-order valence-electron chi connectivity index (χ4n) is 2.20. The molecule has 0 N–H and O–H groups in total. The number of benzene rings is 1. The van der Waals surface area contributed by atoms with Gasteiger partial charge in [-0.05, 0) is 18.2 Å². The maximum absolute atomic E-state index is 12.3. The molecule has 0 fully saturated rings. The second kappa shape index (κ2) is 5.11. The van der Waals surface area contributed by atoms with Crippen LogP contribution in [0.2, 0.25) is 0 Å². The van der Waals surface area contributed by atoms with E-state index in [2.05, 4.69) is 4.98 Å². The third-order valence-corrected chi connectivity index (χ3v) is 4.97. The van der Waals surface area contributed by atoms with Crippen LogP contribution in [0.5, 0.6) is 11.5 Å². The summed E-state index contributed by atoms with van der Waals surface area (Å²) < 4.78 is 12.6. The Kier molecular flexibility index (Phi) is 3.09. The van der Waals surface area contributed by atoms with Gasteiger partial charge in [0.25, 0.3) is 0 Å². The Hall–Kier alpha value is -2.38. The topological polar surface area (TPSA) is 52.8 Å². The first-order valence-electron chi connectivity index (χ1n) is 6.46. The summed E-state index contributed by atoms with van der Waals surface area (Å²) in [5.41, 5.74) is 0.924. The Morgan fingerprint density at radius 3 is 2.91 bits per heavy atom. The van der Waals surface area contributed by atoms with Gasteiger partial charge >= 0.3 is 5.97 Å². The van der Waals surface area contributed by atoms with Gasteiger partial charge in [-0.15, -0.1) is 22.7 Å². The maximum Gasteiger partial charge on any atom is 0.353 e. The molecule has 1 aromatic carbocycles. The molecule has 3 aromatic heterocycles. The third-order valence-electron chi connectivity index (χ3n) is 3.21. The van der Waals surface area contributed by atoms with Crippen molar-refractivity contribution in [3.8, 4) is 11.5 Å². The number of thiophene rings is 1. The van der Waals surface area contributed by atoms with Gasteiger partial charge in [-0.3, -0.25) is 4.40 Å². The number of esters is 1. The number of fused-ring (bicyclic) bond motifs is 3. The fraction of sp³-hybridized carbons (Fsp3) is 0.0667. The van der Waals surface area contributed by atoms with E-state index in [0.717, 1.165) is 15.3 Å². The summed E-state index contributed by atoms with van der Waals surface area (Å²) in [5, 5.41) is 1.96. The number of nitrogens with zero attached hydrogens (tertiary/aromatic N) is 2. The van der Waals surface area contributed by atoms with E-state index < -0.39 is 5.97 Å². The molecule has 0 radical (unpaired) electrons. The first-order valence-corrected chi connectivity index (χ1v) is 8.16. The second-order valence-corrected chi connectivity index (χ2v) is 6.41. The minimum atomic E-state index is -0.406. The van der Waals surface area contributed by atoms with Crippen LogP contribution in [0.1, 0.15) is 9.67 Å². The van der Waals surface area contributed by atoms with Crippen LogP contribution in [0.25, 0.3) is 15.3 Å². The Bertz CT molecular complexity index is 983. The normalized spacial score (nSPS) is 11.1. The Morgan fingerprint density at radius 1 is 1.27 bits per heavy atom. The summed E-state index contributed by atoms with van der Waals surface area (Å²) in [7, 11) is 1.54. The van der Waals surface area contributed by atoms with E-state index in [1.165, 1.54) is 11.3 Å². The summed E-state index contributed by atoms with van der Waals surface area (Å²) in [4.78, 5) is 19.1. The Morgan fingerprint density at radius 2 is 2.09 bits per heavy atom. The molecule has 0 spiro atoms. The molecule has 0 bridgehead atoms. The molecule has 22 heavy (non-hydrogen) atoms. The molecule has 0 aliphatic carbocycles. The summed E-state index contributed by atoms with van der Waals surface area (Å²) in [5.74, 6) is 0.528. The van der Waals surface area contributed by atoms with Crippen molar-refractivity contribution in [3.05, 3.63) is 46.8 Å². The number of ether oxygens (including phenoxy) is 2. The number of thiazole rings is 1. The maximum atomic E-state index is 12.3. The van der Waals surface area contributed by atoms with E-state index in [9.17, 15) is 4.79 Å². The van der Waals surface area contributed by atoms with Crippen LogP contribution in [-0.4, -0.2) is 22.5 Å². The predicted octanol–water partition coefficient (Wildman–Crippen LogP) is 3.84. The summed E-state index contributed by atoms with van der Waals surface area (Å²) in [6.07, 6.45) is 1.94. The molecule has 0 amide bonds. The minimum Gasteiger partial charge on any atom is -0.493 e. The highest BCUT2D eigenvalue weighted by Crippen LogP contribution is 2.31. The second-order valence-electron chi connectivity index (χ2n) is 4.51. The first kappa shape index (κ1) is 13.3. The monoisotopic (exact) mass is 330 g/mol. The number of hydrogen-bond donors (Lipinski definition) is 0. The van der Waals surface area contributed by atoms with Crippen molar-refractivity contribution in [2.75, 3.05) is 7.11 Å². The van der Waals surface area contributed by atoms with Gasteiger partial charge in [0.05, 0.1) is 12.6 Å². The van der Waals surface area contributed by atoms with E-state index in [1.54, 1.807) is 36.6 Å². The van der Waals surface area contributed by atoms with Crippen molar-refractivity contribution in [1.82, 2.24) is 9.38 Å². The molecule has 0 unspecified atom stereocenters. The smallest absolute Gasteiger partial charge is 0.353 e. The highest BCUT2D eigenvalue weighted by Gasteiger charge is 2.18. The van der Waals surface area contributed by atoms with Crippen LogP contribution >= 0.6 is 22.7 Å². The molecule has 4 aromatic rings. The van der Waals surface area contributed by atoms with Crippen molar-refractivity contribution in [1.29, 1.82) is 0 Å². The molecule has 0 aliphatic heterocycles. The Balaban J connectivity index is 1.68. The van der Waals surface area contributed by atoms with Crippen LogP contribution in [0, 0.1) is 0 Å². The number of para-hydroxylation sites is 2. The van der Waals surface area contributed by atoms with Crippen LogP contribution < -0.4 is 9.47 Å². The molecule has 0 saturated heterocycles. The van der Waals surface area contributed by atoms with Gasteiger partial charge < -0.3 is 9.47 Å². The first-order chi connectivity index (χ1) is 10.8. The predicted molar refractivity (Wildman–Crippen MR) is 86.4 cm³/mol. The number of carbonyl (C=O) groups excluding carboxylic acids is 1. The van der Waals surface area contributed by atoms with Gasteiger partial charge in [0, 0.05) is 11.6 Å². The molecular formula is C15H10N2O3S2. The number of hydrogen-bond acceptors (Lipinski definition) is 6. The zero-order chi connectivity index (χ0) is 15.1. The molecule has 0 aliphatic rings. The van der Waals surface area contributed by atoms with E-state index in [0.29, 0.717) is 16.4 Å². The summed E-state index contributed by atoms with van der Waals surface area (Å²) in [6, 6.07) is 8.88. The zero-order valence-electron chi connectivity index (χ0n) is 11.5. The summed E-state index contributed by atoms with van der Waals surface area (Å²) >= 11 is 2.89. The average molecular weight is 330 g/mol. The lowest BCUT2D eigenvalue weighted by Crippen LogP contribution is -2.07. The van der Waals surface area contributed by atoms with Crippen molar-refractivity contribution in [2.24, 2.45) is 0 Å². The molecule has 110 valence electrons. The van der Waals surface area contributed by atoms with Gasteiger partial charge in [0.1, 0.15) is 9.71 Å². The summed E-state index contributed by atoms with van der Waals surface area (Å²) in [6.45, 7) is 0. The molecular weight excluding hydrogens is 320 g/mol. The number of imidazole rings is 1. The van der Waals surface area contributed by atoms with Crippen molar-refractivity contribution in [3.63, 3.8) is 0 Å². The number of rotatable bonds is 3. The largest absolute Gasteiger partial charge is 0.493 e. The SMILES string of the molecule is COc1ccccc1OC(=O)c1cc2c(nc3sccn32)s1. The highest BCUT2D eigenvalue weighted by molar-refractivity contribution is 7.21. The average Bonchev–Trinajstić information content (AvgIpc) is 3.19. The van der Waals surface area contributed by atoms with Gasteiger partial charge in [0.15, 0.2) is 16.5 Å². The van der Waals surface area contributed by atoms with Gasteiger partial charge in [-0.2, -0.15) is 0 Å². The Labute approximate surface area is 133 Å². The van der Waals surface area contributed by atoms with Gasteiger partial charge in [-0.1, -0.05) is 12.1 Å². The van der Waals surface area contributed by atoms with Crippen LogP contribution in [0.3, 0.4) is 0 Å². The van der Waals surface area contributed by atoms with E-state index in [-0.39, 0.29) is 0 Å². The number of aromatic nitrogens is 2. The standard InChI is InChI=1S/C15H10N2O3S2/c1-19-10-4-2-3-5-11(10)20-14(18)12-8-9-13(22-12)16-15-17(9)6-7-21-15/h2-8H,1H3. The van der Waals surface area contributed by atoms with Crippen molar-refractivity contribution < 1.29 is 14.3 Å². The van der Waals surface area contributed by atoms with E-state index in [4.69, 9.17) is 9.47 Å². The third kappa shape index (κ3) is 2.06. The van der Waals surface area contributed by atoms with E-state index >= 15 is 0 Å². The fourth-order valence-corrected chi connectivity index (χ4v) is 3.88. The van der Waals surface area contributed by atoms with Crippen molar-refractivity contribution >= 4 is 44.0 Å². The molecule has 0 saturated carbocycles. The van der Waals surface area contributed by atoms with Gasteiger partial charge in [0.2, 0.25) is 0 Å². The van der Waals surface area contributed by atoms with Crippen molar-refractivity contribution in [2.45, 2.75) is 0 Å². The molecule has 5 nitrogen and oxygen atoms in total. The van der Waals surface area contributed by atoms with Crippen LogP contribution in [0.15, 0.2) is 41.9 Å². The molecule has 7 heteroatoms. The quantitative estimate of drug-likeness (QED) is 0.423. The van der Waals surface area contributed by atoms with E-state index in [1.807, 2.05) is 28.1 Å². The lowest BCUT2D eigenvalue weighted by molar-refractivity contribution is 0.0735. The molecule has 3 heterocycles. The lowest BCUT2D eigenvalue weighted by atomic mass is 10.3. The van der Waals surface area contributed by atoms with Crippen LogP contribution in [0.4, 0.5) is 0 Å². The molecule has 0 atom stereocenters. The zero-order valence-corrected chi connectivity index (χ0v) is 13.1. The van der Waals surface area contributed by atoms with Crippen LogP contribution in [-0.2, 0) is 0 Å².